The molecule has 1 saturated heterocycles. The summed E-state index contributed by atoms with van der Waals surface area (Å²) in [7, 11) is 0. The Hall–Kier alpha value is -2.28. The van der Waals surface area contributed by atoms with Gasteiger partial charge in [-0.3, -0.25) is 4.98 Å². The number of fused-ring (bicyclic) bond motifs is 1. The van der Waals surface area contributed by atoms with Gasteiger partial charge in [0.2, 0.25) is 0 Å². The van der Waals surface area contributed by atoms with Gasteiger partial charge in [0.25, 0.3) is 0 Å². The van der Waals surface area contributed by atoms with Gasteiger partial charge in [0.15, 0.2) is 0 Å². The minimum Gasteiger partial charge on any atom is -0.478 e. The van der Waals surface area contributed by atoms with Crippen molar-refractivity contribution >= 4 is 22.6 Å². The lowest BCUT2D eigenvalue weighted by atomic mass is 10.1. The van der Waals surface area contributed by atoms with E-state index in [0.29, 0.717) is 16.6 Å². The van der Waals surface area contributed by atoms with Crippen molar-refractivity contribution in [3.63, 3.8) is 0 Å². The molecule has 2 heterocycles. The highest BCUT2D eigenvalue weighted by Gasteiger charge is 2.28. The van der Waals surface area contributed by atoms with Gasteiger partial charge in [0.1, 0.15) is 12.0 Å². The van der Waals surface area contributed by atoms with Crippen LogP contribution in [-0.4, -0.2) is 35.3 Å². The van der Waals surface area contributed by atoms with Gasteiger partial charge >= 0.3 is 5.97 Å². The number of carboxylic acid groups (broad SMARTS) is 1. The Morgan fingerprint density at radius 2 is 2.05 bits per heavy atom. The molecule has 5 nitrogen and oxygen atoms in total. The van der Waals surface area contributed by atoms with Gasteiger partial charge in [0, 0.05) is 11.6 Å². The molecule has 1 fully saturated rings. The molecule has 1 aromatic heterocycles. The van der Waals surface area contributed by atoms with E-state index in [2.05, 4.69) is 4.98 Å². The number of alkyl halides is 1. The molecule has 1 aliphatic heterocycles. The SMILES string of the molecule is N.O=C(O)c1cnc2cc(N3CC(F)C3)c(F)cc2c1. The summed E-state index contributed by atoms with van der Waals surface area (Å²) in [5, 5.41) is 9.26. The van der Waals surface area contributed by atoms with Crippen molar-refractivity contribution in [2.24, 2.45) is 0 Å². The normalized spacial score (nSPS) is 14.8. The molecule has 0 radical (unpaired) electrons. The number of pyridine rings is 1. The molecule has 4 N–H and O–H groups in total. The molecule has 0 spiro atoms. The number of nitrogens with zero attached hydrogens (tertiary/aromatic N) is 2. The van der Waals surface area contributed by atoms with Crippen molar-refractivity contribution in [1.82, 2.24) is 11.1 Å². The van der Waals surface area contributed by atoms with Crippen LogP contribution in [0.2, 0.25) is 0 Å². The highest BCUT2D eigenvalue weighted by atomic mass is 19.1. The molecule has 1 aliphatic rings. The van der Waals surface area contributed by atoms with Crippen LogP contribution in [0.4, 0.5) is 14.5 Å². The quantitative estimate of drug-likeness (QED) is 0.882. The van der Waals surface area contributed by atoms with E-state index in [1.54, 1.807) is 4.90 Å². The second kappa shape index (κ2) is 5.01. The van der Waals surface area contributed by atoms with Crippen molar-refractivity contribution in [2.75, 3.05) is 18.0 Å². The molecule has 1 aromatic carbocycles. The number of halogens is 2. The van der Waals surface area contributed by atoms with E-state index in [4.69, 9.17) is 5.11 Å². The highest BCUT2D eigenvalue weighted by molar-refractivity contribution is 5.93. The number of rotatable bonds is 2. The van der Waals surface area contributed by atoms with Crippen LogP contribution in [0.3, 0.4) is 0 Å². The summed E-state index contributed by atoms with van der Waals surface area (Å²) in [5.41, 5.74) is 0.799. The van der Waals surface area contributed by atoms with E-state index in [1.807, 2.05) is 0 Å². The van der Waals surface area contributed by atoms with E-state index in [1.165, 1.54) is 24.4 Å². The largest absolute Gasteiger partial charge is 0.478 e. The molecule has 106 valence electrons. The van der Waals surface area contributed by atoms with E-state index >= 15 is 0 Å². The summed E-state index contributed by atoms with van der Waals surface area (Å²) in [6, 6.07) is 4.11. The van der Waals surface area contributed by atoms with Gasteiger partial charge < -0.3 is 16.2 Å². The zero-order valence-electron chi connectivity index (χ0n) is 10.5. The Bertz CT molecular complexity index is 672. The van der Waals surface area contributed by atoms with E-state index in [0.717, 1.165) is 0 Å². The summed E-state index contributed by atoms with van der Waals surface area (Å²) >= 11 is 0. The molecular formula is C13H13F2N3O2. The van der Waals surface area contributed by atoms with Crippen molar-refractivity contribution in [3.05, 3.63) is 35.8 Å². The lowest BCUT2D eigenvalue weighted by Gasteiger charge is -2.36. The second-order valence-corrected chi connectivity index (χ2v) is 4.53. The first-order chi connectivity index (χ1) is 9.04. The average Bonchev–Trinajstić information content (AvgIpc) is 2.33. The van der Waals surface area contributed by atoms with Crippen molar-refractivity contribution in [2.45, 2.75) is 6.17 Å². The van der Waals surface area contributed by atoms with Gasteiger partial charge in [-0.05, 0) is 18.2 Å². The first-order valence-corrected chi connectivity index (χ1v) is 5.76. The number of carbonyl (C=O) groups is 1. The van der Waals surface area contributed by atoms with Gasteiger partial charge in [-0.25, -0.2) is 13.6 Å². The molecule has 20 heavy (non-hydrogen) atoms. The van der Waals surface area contributed by atoms with E-state index in [9.17, 15) is 13.6 Å². The summed E-state index contributed by atoms with van der Waals surface area (Å²) in [4.78, 5) is 16.4. The molecule has 0 amide bonds. The predicted molar refractivity (Wildman–Crippen MR) is 70.8 cm³/mol. The zero-order valence-corrected chi connectivity index (χ0v) is 10.5. The van der Waals surface area contributed by atoms with Crippen molar-refractivity contribution in [1.29, 1.82) is 0 Å². The van der Waals surface area contributed by atoms with Crippen molar-refractivity contribution in [3.8, 4) is 0 Å². The molecule has 0 bridgehead atoms. The van der Waals surface area contributed by atoms with Crippen LogP contribution >= 0.6 is 0 Å². The lowest BCUT2D eigenvalue weighted by molar-refractivity contribution is 0.0696. The summed E-state index contributed by atoms with van der Waals surface area (Å²) < 4.78 is 26.7. The van der Waals surface area contributed by atoms with Gasteiger partial charge in [-0.1, -0.05) is 0 Å². The van der Waals surface area contributed by atoms with Crippen molar-refractivity contribution < 1.29 is 18.7 Å². The van der Waals surface area contributed by atoms with Gasteiger partial charge in [-0.15, -0.1) is 0 Å². The first kappa shape index (κ1) is 14.1. The fraction of sp³-hybridized carbons (Fsp3) is 0.231. The zero-order chi connectivity index (χ0) is 13.6. The molecule has 0 saturated carbocycles. The van der Waals surface area contributed by atoms with Gasteiger partial charge in [0.05, 0.1) is 29.9 Å². The molecule has 0 unspecified atom stereocenters. The van der Waals surface area contributed by atoms with Crippen LogP contribution in [0.25, 0.3) is 10.9 Å². The molecular weight excluding hydrogens is 268 g/mol. The Kier molecular flexibility index (Phi) is 3.54. The number of hydrogen-bond donors (Lipinski definition) is 2. The molecule has 3 rings (SSSR count). The van der Waals surface area contributed by atoms with Gasteiger partial charge in [-0.2, -0.15) is 0 Å². The summed E-state index contributed by atoms with van der Waals surface area (Å²) in [6.07, 6.45) is 0.304. The van der Waals surface area contributed by atoms with Crippen LogP contribution < -0.4 is 11.1 Å². The Labute approximate surface area is 113 Å². The smallest absolute Gasteiger partial charge is 0.337 e. The number of benzene rings is 1. The number of carboxylic acids is 1. The van der Waals surface area contributed by atoms with Crippen LogP contribution in [0.1, 0.15) is 10.4 Å². The number of aromatic carboxylic acids is 1. The summed E-state index contributed by atoms with van der Waals surface area (Å²) in [6.45, 7) is 0.352. The third-order valence-electron chi connectivity index (χ3n) is 3.17. The van der Waals surface area contributed by atoms with E-state index in [-0.39, 0.29) is 24.8 Å². The summed E-state index contributed by atoms with van der Waals surface area (Å²) in [5.74, 6) is -1.61. The average molecular weight is 281 g/mol. The van der Waals surface area contributed by atoms with Crippen LogP contribution in [0, 0.1) is 5.82 Å². The molecule has 0 atom stereocenters. The third-order valence-corrected chi connectivity index (χ3v) is 3.17. The topological polar surface area (TPSA) is 88.4 Å². The molecule has 7 heteroatoms. The number of aromatic nitrogens is 1. The minimum atomic E-state index is -1.11. The van der Waals surface area contributed by atoms with Crippen LogP contribution in [0.5, 0.6) is 0 Å². The maximum Gasteiger partial charge on any atom is 0.337 e. The molecule has 0 aliphatic carbocycles. The fourth-order valence-corrected chi connectivity index (χ4v) is 2.12. The maximum absolute atomic E-state index is 13.9. The monoisotopic (exact) mass is 281 g/mol. The second-order valence-electron chi connectivity index (χ2n) is 4.53. The molecule has 2 aromatic rings. The standard InChI is InChI=1S/C13H10F2N2O2.H3N/c14-9-5-17(6-9)12-3-11-7(2-10(12)15)1-8(4-16-11)13(18)19;/h1-4,9H,5-6H2,(H,18,19);1H3. The van der Waals surface area contributed by atoms with Crippen LogP contribution in [0.15, 0.2) is 24.4 Å². The minimum absolute atomic E-state index is 0. The number of hydrogen-bond acceptors (Lipinski definition) is 4. The maximum atomic E-state index is 13.9. The first-order valence-electron chi connectivity index (χ1n) is 5.76. The predicted octanol–water partition coefficient (Wildman–Crippen LogP) is 2.39. The number of anilines is 1. The lowest BCUT2D eigenvalue weighted by Crippen LogP contribution is -2.48. The fourth-order valence-electron chi connectivity index (χ4n) is 2.12. The Balaban J connectivity index is 0.00000147. The Morgan fingerprint density at radius 3 is 2.65 bits per heavy atom. The van der Waals surface area contributed by atoms with Crippen LogP contribution in [-0.2, 0) is 0 Å². The third kappa shape index (κ3) is 2.27. The highest BCUT2D eigenvalue weighted by Crippen LogP contribution is 2.29. The Morgan fingerprint density at radius 1 is 1.35 bits per heavy atom. The van der Waals surface area contributed by atoms with E-state index < -0.39 is 18.0 Å².